The van der Waals surface area contributed by atoms with Gasteiger partial charge in [-0.25, -0.2) is 0 Å². The van der Waals surface area contributed by atoms with Crippen LogP contribution in [0.5, 0.6) is 0 Å². The van der Waals surface area contributed by atoms with Gasteiger partial charge in [0, 0.05) is 46.0 Å². The Hall–Kier alpha value is -2.34. The number of carbonyl (C=O) groups is 1. The van der Waals surface area contributed by atoms with Crippen molar-refractivity contribution < 1.29 is 4.79 Å². The van der Waals surface area contributed by atoms with Crippen LogP contribution in [0.3, 0.4) is 0 Å². The summed E-state index contributed by atoms with van der Waals surface area (Å²) >= 11 is 3.57. The Morgan fingerprint density at radius 3 is 2.65 bits per heavy atom. The normalized spacial score (nSPS) is 11.1. The zero-order valence-corrected chi connectivity index (χ0v) is 17.0. The summed E-state index contributed by atoms with van der Waals surface area (Å²) < 4.78 is 3.01. The predicted octanol–water partition coefficient (Wildman–Crippen LogP) is 3.97. The number of pyridine rings is 1. The van der Waals surface area contributed by atoms with Gasteiger partial charge in [0.05, 0.1) is 5.52 Å². The van der Waals surface area contributed by atoms with Gasteiger partial charge < -0.3 is 14.9 Å². The third-order valence-electron chi connectivity index (χ3n) is 4.76. The zero-order chi connectivity index (χ0) is 19.0. The Bertz CT molecular complexity index is 1060. The van der Waals surface area contributed by atoms with Crippen molar-refractivity contribution in [3.05, 3.63) is 67.2 Å². The largest absolute Gasteiger partial charge is 0.348 e. The van der Waals surface area contributed by atoms with Gasteiger partial charge in [0.25, 0.3) is 11.5 Å². The second-order valence-electron chi connectivity index (χ2n) is 6.52. The average molecular weight is 416 g/mol. The molecule has 2 heterocycles. The van der Waals surface area contributed by atoms with E-state index in [9.17, 15) is 9.59 Å². The van der Waals surface area contributed by atoms with Crippen LogP contribution < -0.4 is 10.9 Å². The van der Waals surface area contributed by atoms with Crippen LogP contribution in [0, 0.1) is 20.8 Å². The molecule has 26 heavy (non-hydrogen) atoms. The lowest BCUT2D eigenvalue weighted by Crippen LogP contribution is -2.28. The monoisotopic (exact) mass is 415 g/mol. The Morgan fingerprint density at radius 1 is 1.27 bits per heavy atom. The van der Waals surface area contributed by atoms with Crippen molar-refractivity contribution in [2.45, 2.75) is 40.8 Å². The smallest absolute Gasteiger partial charge is 0.253 e. The number of nitrogens with one attached hydrogen (secondary N) is 2. The third-order valence-corrected chi connectivity index (χ3v) is 5.41. The highest BCUT2D eigenvalue weighted by Gasteiger charge is 2.17. The van der Waals surface area contributed by atoms with E-state index in [0.717, 1.165) is 38.7 Å². The molecule has 0 aliphatic heterocycles. The first-order chi connectivity index (χ1) is 12.3. The maximum Gasteiger partial charge on any atom is 0.253 e. The number of rotatable bonds is 4. The summed E-state index contributed by atoms with van der Waals surface area (Å²) in [4.78, 5) is 27.7. The van der Waals surface area contributed by atoms with E-state index < -0.39 is 0 Å². The summed E-state index contributed by atoms with van der Waals surface area (Å²) in [5.74, 6) is -0.187. The van der Waals surface area contributed by atoms with E-state index in [0.29, 0.717) is 11.1 Å². The van der Waals surface area contributed by atoms with Crippen LogP contribution >= 0.6 is 15.9 Å². The van der Waals surface area contributed by atoms with Gasteiger partial charge in [0.2, 0.25) is 0 Å². The van der Waals surface area contributed by atoms with Crippen LogP contribution in [0.1, 0.15) is 39.7 Å². The second kappa shape index (κ2) is 7.11. The maximum absolute atomic E-state index is 12.8. The van der Waals surface area contributed by atoms with Crippen molar-refractivity contribution >= 4 is 32.7 Å². The van der Waals surface area contributed by atoms with Crippen LogP contribution in [0.25, 0.3) is 10.9 Å². The van der Waals surface area contributed by atoms with Gasteiger partial charge in [-0.15, -0.1) is 0 Å². The third kappa shape index (κ3) is 3.21. The number of carbonyl (C=O) groups excluding carboxylic acids is 1. The van der Waals surface area contributed by atoms with E-state index in [1.165, 1.54) is 0 Å². The highest BCUT2D eigenvalue weighted by atomic mass is 79.9. The SMILES string of the molecule is CCn1ccc2c(Br)cc(C(=O)NCc3c(C)cc(C)[nH]c3=O)c(C)c21. The van der Waals surface area contributed by atoms with Gasteiger partial charge in [-0.05, 0) is 57.0 Å². The van der Waals surface area contributed by atoms with E-state index in [1.54, 1.807) is 0 Å². The van der Waals surface area contributed by atoms with E-state index in [2.05, 4.69) is 37.7 Å². The second-order valence-corrected chi connectivity index (χ2v) is 7.38. The molecule has 0 saturated carbocycles. The van der Waals surface area contributed by atoms with Crippen molar-refractivity contribution in [3.8, 4) is 0 Å². The Morgan fingerprint density at radius 2 is 2.00 bits per heavy atom. The van der Waals surface area contributed by atoms with E-state index in [4.69, 9.17) is 0 Å². The minimum atomic E-state index is -0.187. The summed E-state index contributed by atoms with van der Waals surface area (Å²) in [6.45, 7) is 8.79. The number of hydrogen-bond donors (Lipinski definition) is 2. The number of hydrogen-bond acceptors (Lipinski definition) is 2. The number of fused-ring (bicyclic) bond motifs is 1. The van der Waals surface area contributed by atoms with E-state index in [1.807, 2.05) is 45.2 Å². The van der Waals surface area contributed by atoms with Gasteiger partial charge in [-0.1, -0.05) is 15.9 Å². The standard InChI is InChI=1S/C20H22BrN3O2/c1-5-24-7-6-14-17(21)9-15(13(4)18(14)24)19(25)22-10-16-11(2)8-12(3)23-20(16)26/h6-9H,5,10H2,1-4H3,(H,22,25)(H,23,26). The van der Waals surface area contributed by atoms with Crippen LogP contribution in [0.4, 0.5) is 0 Å². The highest BCUT2D eigenvalue weighted by Crippen LogP contribution is 2.30. The number of aryl methyl sites for hydroxylation is 4. The molecule has 3 aromatic rings. The van der Waals surface area contributed by atoms with Crippen LogP contribution in [0.2, 0.25) is 0 Å². The number of benzene rings is 1. The minimum absolute atomic E-state index is 0.156. The molecule has 1 amide bonds. The summed E-state index contributed by atoms with van der Waals surface area (Å²) in [6, 6.07) is 5.80. The van der Waals surface area contributed by atoms with E-state index >= 15 is 0 Å². The quantitative estimate of drug-likeness (QED) is 0.676. The van der Waals surface area contributed by atoms with E-state index in [-0.39, 0.29) is 18.0 Å². The van der Waals surface area contributed by atoms with Gasteiger partial charge >= 0.3 is 0 Å². The molecule has 0 fully saturated rings. The molecule has 0 bridgehead atoms. The molecule has 2 aromatic heterocycles. The Kier molecular flexibility index (Phi) is 5.05. The molecular formula is C20H22BrN3O2. The molecule has 5 nitrogen and oxygen atoms in total. The molecule has 2 N–H and O–H groups in total. The average Bonchev–Trinajstić information content (AvgIpc) is 3.01. The number of amides is 1. The molecule has 6 heteroatoms. The number of aromatic amines is 1. The first-order valence-electron chi connectivity index (χ1n) is 8.59. The van der Waals surface area contributed by atoms with Gasteiger partial charge in [0.1, 0.15) is 0 Å². The molecular weight excluding hydrogens is 394 g/mol. The topological polar surface area (TPSA) is 66.9 Å². The summed E-state index contributed by atoms with van der Waals surface area (Å²) in [6.07, 6.45) is 2.03. The fourth-order valence-electron chi connectivity index (χ4n) is 3.39. The summed E-state index contributed by atoms with van der Waals surface area (Å²) in [5.41, 5.74) is 4.71. The van der Waals surface area contributed by atoms with Gasteiger partial charge in [0.15, 0.2) is 0 Å². The van der Waals surface area contributed by atoms with Crippen LogP contribution in [-0.2, 0) is 13.1 Å². The van der Waals surface area contributed by atoms with Crippen molar-refractivity contribution in [2.75, 3.05) is 0 Å². The molecule has 3 rings (SSSR count). The maximum atomic E-state index is 12.8. The highest BCUT2D eigenvalue weighted by molar-refractivity contribution is 9.10. The lowest BCUT2D eigenvalue weighted by Gasteiger charge is -2.13. The Labute approximate surface area is 160 Å². The van der Waals surface area contributed by atoms with Crippen molar-refractivity contribution in [1.29, 1.82) is 0 Å². The number of aromatic nitrogens is 2. The lowest BCUT2D eigenvalue weighted by atomic mass is 10.0. The molecule has 136 valence electrons. The molecule has 1 aromatic carbocycles. The number of H-pyrrole nitrogens is 1. The fraction of sp³-hybridized carbons (Fsp3) is 0.300. The number of nitrogens with zero attached hydrogens (tertiary/aromatic N) is 1. The minimum Gasteiger partial charge on any atom is -0.348 e. The first kappa shape index (κ1) is 18.5. The van der Waals surface area contributed by atoms with Crippen molar-refractivity contribution in [2.24, 2.45) is 0 Å². The fourth-order valence-corrected chi connectivity index (χ4v) is 3.94. The van der Waals surface area contributed by atoms with Gasteiger partial charge in [-0.3, -0.25) is 9.59 Å². The molecule has 0 saturated heterocycles. The molecule has 0 unspecified atom stereocenters. The molecule has 0 atom stereocenters. The molecule has 0 aliphatic rings. The molecule has 0 spiro atoms. The van der Waals surface area contributed by atoms with Crippen LogP contribution in [-0.4, -0.2) is 15.5 Å². The Balaban J connectivity index is 1.94. The molecule has 0 aliphatic carbocycles. The zero-order valence-electron chi connectivity index (χ0n) is 15.4. The predicted molar refractivity (Wildman–Crippen MR) is 108 cm³/mol. The lowest BCUT2D eigenvalue weighted by molar-refractivity contribution is 0.0950. The number of halogens is 1. The summed E-state index contributed by atoms with van der Waals surface area (Å²) in [5, 5.41) is 3.98. The van der Waals surface area contributed by atoms with Crippen LogP contribution in [0.15, 0.2) is 33.7 Å². The molecule has 0 radical (unpaired) electrons. The van der Waals surface area contributed by atoms with Crippen molar-refractivity contribution in [3.63, 3.8) is 0 Å². The van der Waals surface area contributed by atoms with Crippen molar-refractivity contribution in [1.82, 2.24) is 14.9 Å². The van der Waals surface area contributed by atoms with Gasteiger partial charge in [-0.2, -0.15) is 0 Å². The first-order valence-corrected chi connectivity index (χ1v) is 9.38. The summed E-state index contributed by atoms with van der Waals surface area (Å²) in [7, 11) is 0.